The maximum Gasteiger partial charge on any atom is 0.310 e. The van der Waals surface area contributed by atoms with Crippen molar-refractivity contribution in [1.82, 2.24) is 0 Å². The zero-order valence-corrected chi connectivity index (χ0v) is 9.87. The van der Waals surface area contributed by atoms with Crippen LogP contribution in [0.15, 0.2) is 18.2 Å². The molecule has 1 aromatic rings. The first-order valence-electron chi connectivity index (χ1n) is 5.81. The lowest BCUT2D eigenvalue weighted by Crippen LogP contribution is -2.39. The zero-order valence-electron chi connectivity index (χ0n) is 9.87. The van der Waals surface area contributed by atoms with Crippen molar-refractivity contribution in [2.75, 3.05) is 18.0 Å². The molecular formula is C12H14N4O2. The lowest BCUT2D eigenvalue weighted by molar-refractivity contribution is -0.384. The number of hydrogen-bond acceptors (Lipinski definition) is 5. The van der Waals surface area contributed by atoms with Crippen molar-refractivity contribution in [2.24, 2.45) is 5.73 Å². The van der Waals surface area contributed by atoms with Crippen LogP contribution in [0.2, 0.25) is 0 Å². The van der Waals surface area contributed by atoms with E-state index in [0.29, 0.717) is 18.8 Å². The number of piperidine rings is 1. The number of nitriles is 1. The van der Waals surface area contributed by atoms with E-state index in [1.165, 1.54) is 6.07 Å². The smallest absolute Gasteiger partial charge is 0.310 e. The van der Waals surface area contributed by atoms with Crippen LogP contribution in [0.4, 0.5) is 11.4 Å². The Morgan fingerprint density at radius 2 is 2.11 bits per heavy atom. The Balaban J connectivity index is 2.39. The van der Waals surface area contributed by atoms with E-state index in [9.17, 15) is 10.1 Å². The van der Waals surface area contributed by atoms with Crippen LogP contribution in [0.25, 0.3) is 0 Å². The monoisotopic (exact) mass is 246 g/mol. The van der Waals surface area contributed by atoms with Crippen molar-refractivity contribution < 1.29 is 4.92 Å². The second-order valence-electron chi connectivity index (χ2n) is 4.37. The summed E-state index contributed by atoms with van der Waals surface area (Å²) < 4.78 is 0. The number of nitrogens with zero attached hydrogens (tertiary/aromatic N) is 3. The van der Waals surface area contributed by atoms with E-state index >= 15 is 0 Å². The molecular weight excluding hydrogens is 232 g/mol. The molecule has 0 aromatic heterocycles. The zero-order chi connectivity index (χ0) is 13.1. The molecule has 0 radical (unpaired) electrons. The number of anilines is 1. The first kappa shape index (κ1) is 12.3. The molecule has 0 spiro atoms. The normalized spacial score (nSPS) is 16.3. The number of benzene rings is 1. The Morgan fingerprint density at radius 3 is 2.67 bits per heavy atom. The average molecular weight is 246 g/mol. The van der Waals surface area contributed by atoms with Crippen LogP contribution in [0, 0.1) is 21.4 Å². The minimum Gasteiger partial charge on any atom is -0.366 e. The molecule has 0 aliphatic carbocycles. The number of nitro benzene ring substituents is 1. The van der Waals surface area contributed by atoms with Gasteiger partial charge in [-0.05, 0) is 25.0 Å². The maximum absolute atomic E-state index is 11.1. The SMILES string of the molecule is N#Cc1cccc(N2CCC(N)CC2)c1[N+](=O)[O-]. The summed E-state index contributed by atoms with van der Waals surface area (Å²) in [6.45, 7) is 1.38. The van der Waals surface area contributed by atoms with Crippen molar-refractivity contribution in [2.45, 2.75) is 18.9 Å². The van der Waals surface area contributed by atoms with E-state index in [1.807, 2.05) is 11.0 Å². The molecule has 18 heavy (non-hydrogen) atoms. The predicted molar refractivity (Wildman–Crippen MR) is 67.2 cm³/mol. The third-order valence-electron chi connectivity index (χ3n) is 3.20. The van der Waals surface area contributed by atoms with Crippen LogP contribution >= 0.6 is 0 Å². The van der Waals surface area contributed by atoms with Crippen LogP contribution < -0.4 is 10.6 Å². The van der Waals surface area contributed by atoms with Crippen LogP contribution in [0.3, 0.4) is 0 Å². The molecule has 0 amide bonds. The van der Waals surface area contributed by atoms with Crippen molar-refractivity contribution in [1.29, 1.82) is 5.26 Å². The highest BCUT2D eigenvalue weighted by atomic mass is 16.6. The molecule has 0 saturated carbocycles. The van der Waals surface area contributed by atoms with E-state index < -0.39 is 4.92 Å². The fourth-order valence-corrected chi connectivity index (χ4v) is 2.21. The second-order valence-corrected chi connectivity index (χ2v) is 4.37. The molecule has 1 aliphatic heterocycles. The predicted octanol–water partition coefficient (Wildman–Crippen LogP) is 1.39. The summed E-state index contributed by atoms with van der Waals surface area (Å²) in [6, 6.07) is 6.87. The van der Waals surface area contributed by atoms with Gasteiger partial charge in [-0.25, -0.2) is 0 Å². The van der Waals surface area contributed by atoms with E-state index in [0.717, 1.165) is 12.8 Å². The van der Waals surface area contributed by atoms with Gasteiger partial charge >= 0.3 is 5.69 Å². The first-order valence-corrected chi connectivity index (χ1v) is 5.81. The molecule has 6 nitrogen and oxygen atoms in total. The van der Waals surface area contributed by atoms with Gasteiger partial charge < -0.3 is 10.6 Å². The highest BCUT2D eigenvalue weighted by molar-refractivity contribution is 5.70. The summed E-state index contributed by atoms with van der Waals surface area (Å²) in [5.41, 5.74) is 6.34. The number of rotatable bonds is 2. The molecule has 94 valence electrons. The van der Waals surface area contributed by atoms with Gasteiger partial charge in [0.2, 0.25) is 0 Å². The van der Waals surface area contributed by atoms with Gasteiger partial charge in [0.05, 0.1) is 4.92 Å². The first-order chi connectivity index (χ1) is 8.63. The van der Waals surface area contributed by atoms with Gasteiger partial charge in [0.15, 0.2) is 0 Å². The lowest BCUT2D eigenvalue weighted by atomic mass is 10.0. The summed E-state index contributed by atoms with van der Waals surface area (Å²) in [4.78, 5) is 12.6. The molecule has 0 atom stereocenters. The minimum atomic E-state index is -0.484. The number of para-hydroxylation sites is 1. The van der Waals surface area contributed by atoms with Crippen LogP contribution in [0.1, 0.15) is 18.4 Å². The lowest BCUT2D eigenvalue weighted by Gasteiger charge is -2.31. The summed E-state index contributed by atoms with van der Waals surface area (Å²) in [5.74, 6) is 0. The standard InChI is InChI=1S/C12H14N4O2/c13-8-9-2-1-3-11(12(9)16(17)18)15-6-4-10(14)5-7-15/h1-3,10H,4-7,14H2. The Bertz CT molecular complexity index is 501. The second kappa shape index (κ2) is 5.02. The highest BCUT2D eigenvalue weighted by Gasteiger charge is 2.26. The number of nitro groups is 1. The van der Waals surface area contributed by atoms with Crippen LogP contribution in [-0.4, -0.2) is 24.1 Å². The van der Waals surface area contributed by atoms with Gasteiger partial charge in [0.25, 0.3) is 0 Å². The van der Waals surface area contributed by atoms with Gasteiger partial charge in [0, 0.05) is 19.1 Å². The molecule has 1 heterocycles. The molecule has 2 rings (SSSR count). The summed E-state index contributed by atoms with van der Waals surface area (Å²) in [6.07, 6.45) is 1.63. The van der Waals surface area contributed by atoms with Crippen molar-refractivity contribution in [3.63, 3.8) is 0 Å². The number of nitrogens with two attached hydrogens (primary N) is 1. The molecule has 0 unspecified atom stereocenters. The largest absolute Gasteiger partial charge is 0.366 e. The molecule has 0 bridgehead atoms. The Morgan fingerprint density at radius 1 is 1.44 bits per heavy atom. The van der Waals surface area contributed by atoms with E-state index in [1.54, 1.807) is 12.1 Å². The minimum absolute atomic E-state index is 0.101. The van der Waals surface area contributed by atoms with E-state index in [-0.39, 0.29) is 17.3 Å². The molecule has 1 fully saturated rings. The van der Waals surface area contributed by atoms with Gasteiger partial charge in [0.1, 0.15) is 17.3 Å². The molecule has 1 aliphatic rings. The molecule has 2 N–H and O–H groups in total. The summed E-state index contributed by atoms with van der Waals surface area (Å²) in [5, 5.41) is 20.1. The molecule has 1 saturated heterocycles. The fraction of sp³-hybridized carbons (Fsp3) is 0.417. The van der Waals surface area contributed by atoms with Gasteiger partial charge in [-0.15, -0.1) is 0 Å². The summed E-state index contributed by atoms with van der Waals surface area (Å²) >= 11 is 0. The Hall–Kier alpha value is -2.13. The topological polar surface area (TPSA) is 96.2 Å². The van der Waals surface area contributed by atoms with E-state index in [4.69, 9.17) is 11.0 Å². The molecule has 1 aromatic carbocycles. The number of hydrogen-bond donors (Lipinski definition) is 1. The van der Waals surface area contributed by atoms with Crippen LogP contribution in [0.5, 0.6) is 0 Å². The summed E-state index contributed by atoms with van der Waals surface area (Å²) in [7, 11) is 0. The quantitative estimate of drug-likeness (QED) is 0.628. The third-order valence-corrected chi connectivity index (χ3v) is 3.20. The van der Waals surface area contributed by atoms with Gasteiger partial charge in [-0.3, -0.25) is 10.1 Å². The van der Waals surface area contributed by atoms with Crippen molar-refractivity contribution >= 4 is 11.4 Å². The van der Waals surface area contributed by atoms with Crippen molar-refractivity contribution in [3.05, 3.63) is 33.9 Å². The fourth-order valence-electron chi connectivity index (χ4n) is 2.21. The Labute approximate surface area is 105 Å². The van der Waals surface area contributed by atoms with Gasteiger partial charge in [-0.1, -0.05) is 6.07 Å². The highest BCUT2D eigenvalue weighted by Crippen LogP contribution is 2.32. The molecule has 6 heteroatoms. The third kappa shape index (κ3) is 2.26. The Kier molecular flexibility index (Phi) is 3.44. The van der Waals surface area contributed by atoms with Crippen molar-refractivity contribution in [3.8, 4) is 6.07 Å². The average Bonchev–Trinajstić information content (AvgIpc) is 2.38. The van der Waals surface area contributed by atoms with Crippen LogP contribution in [-0.2, 0) is 0 Å². The van der Waals surface area contributed by atoms with Gasteiger partial charge in [-0.2, -0.15) is 5.26 Å². The maximum atomic E-state index is 11.1. The van der Waals surface area contributed by atoms with E-state index in [2.05, 4.69) is 0 Å².